The summed E-state index contributed by atoms with van der Waals surface area (Å²) in [6.45, 7) is 0.800. The smallest absolute Gasteiger partial charge is 0.295 e. The molecular weight excluding hydrogens is 438 g/mol. The fraction of sp³-hybridized carbons (Fsp3) is 0.273. The Morgan fingerprint density at radius 1 is 1.14 bits per heavy atom. The van der Waals surface area contributed by atoms with Crippen LogP contribution in [0.1, 0.15) is 23.6 Å². The number of rotatable bonds is 7. The zero-order valence-electron chi connectivity index (χ0n) is 16.2. The van der Waals surface area contributed by atoms with Gasteiger partial charge in [0.2, 0.25) is 0 Å². The lowest BCUT2D eigenvalue weighted by atomic mass is 9.95. The summed E-state index contributed by atoms with van der Waals surface area (Å²) in [5.41, 5.74) is 1.22. The number of amides is 1. The predicted octanol–water partition coefficient (Wildman–Crippen LogP) is 3.92. The minimum Gasteiger partial charge on any atom is -0.507 e. The van der Waals surface area contributed by atoms with E-state index in [-0.39, 0.29) is 11.3 Å². The summed E-state index contributed by atoms with van der Waals surface area (Å²) in [4.78, 5) is 27.2. The molecule has 1 N–H and O–H groups in total. The second-order valence-corrected chi connectivity index (χ2v) is 7.54. The van der Waals surface area contributed by atoms with Gasteiger partial charge in [-0.05, 0) is 36.2 Å². The minimum atomic E-state index is -0.701. The van der Waals surface area contributed by atoms with Crippen molar-refractivity contribution in [1.82, 2.24) is 4.90 Å². The van der Waals surface area contributed by atoms with Crippen LogP contribution in [0.2, 0.25) is 0 Å². The van der Waals surface area contributed by atoms with Crippen molar-refractivity contribution in [3.63, 3.8) is 0 Å². The van der Waals surface area contributed by atoms with Crippen LogP contribution in [0.3, 0.4) is 0 Å². The third kappa shape index (κ3) is 4.36. The Balaban J connectivity index is 2.13. The molecular formula is C22H22BrNO5. The largest absolute Gasteiger partial charge is 0.507 e. The molecule has 1 saturated heterocycles. The van der Waals surface area contributed by atoms with Gasteiger partial charge >= 0.3 is 0 Å². The SMILES string of the molecule is COCCCN1C(=O)C(=O)C(=C(O)c2cccc(OC)c2)C1c1cccc(Br)c1. The van der Waals surface area contributed by atoms with Crippen molar-refractivity contribution in [1.29, 1.82) is 0 Å². The Hall–Kier alpha value is -2.64. The highest BCUT2D eigenvalue weighted by molar-refractivity contribution is 9.10. The molecule has 1 atom stereocenters. The first-order chi connectivity index (χ1) is 14.0. The van der Waals surface area contributed by atoms with Crippen molar-refractivity contribution >= 4 is 33.4 Å². The first-order valence-corrected chi connectivity index (χ1v) is 9.94. The number of carbonyl (C=O) groups excluding carboxylic acids is 2. The number of carbonyl (C=O) groups is 2. The van der Waals surface area contributed by atoms with E-state index in [0.29, 0.717) is 30.9 Å². The van der Waals surface area contributed by atoms with E-state index in [9.17, 15) is 14.7 Å². The molecule has 1 aliphatic heterocycles. The van der Waals surface area contributed by atoms with Crippen molar-refractivity contribution in [2.75, 3.05) is 27.4 Å². The number of methoxy groups -OCH3 is 2. The lowest BCUT2D eigenvalue weighted by Crippen LogP contribution is -2.31. The zero-order chi connectivity index (χ0) is 21.0. The van der Waals surface area contributed by atoms with Crippen molar-refractivity contribution in [2.24, 2.45) is 0 Å². The number of aliphatic hydroxyl groups is 1. The summed E-state index contributed by atoms with van der Waals surface area (Å²) in [7, 11) is 3.11. The number of halogens is 1. The number of hydrogen-bond acceptors (Lipinski definition) is 5. The molecule has 1 fully saturated rings. The fourth-order valence-corrected chi connectivity index (χ4v) is 3.86. The standard InChI is InChI=1S/C22H22BrNO5/c1-28-11-5-10-24-19(14-6-3-8-16(23)12-14)18(21(26)22(24)27)20(25)15-7-4-9-17(13-15)29-2/h3-4,6-9,12-13,19,25H,5,10-11H2,1-2H3. The van der Waals surface area contributed by atoms with Gasteiger partial charge in [0.1, 0.15) is 11.5 Å². The molecule has 152 valence electrons. The molecule has 1 aliphatic rings. The summed E-state index contributed by atoms with van der Waals surface area (Å²) in [5.74, 6) is -1.01. The van der Waals surface area contributed by atoms with Crippen LogP contribution in [0.25, 0.3) is 5.76 Å². The van der Waals surface area contributed by atoms with E-state index in [2.05, 4.69) is 15.9 Å². The average molecular weight is 460 g/mol. The van der Waals surface area contributed by atoms with Gasteiger partial charge < -0.3 is 19.5 Å². The van der Waals surface area contributed by atoms with Gasteiger partial charge in [-0.2, -0.15) is 0 Å². The zero-order valence-corrected chi connectivity index (χ0v) is 17.8. The molecule has 29 heavy (non-hydrogen) atoms. The first-order valence-electron chi connectivity index (χ1n) is 9.15. The van der Waals surface area contributed by atoms with E-state index >= 15 is 0 Å². The second kappa shape index (κ2) is 9.24. The highest BCUT2D eigenvalue weighted by Gasteiger charge is 2.45. The molecule has 2 aromatic carbocycles. The summed E-state index contributed by atoms with van der Waals surface area (Å²) in [6, 6.07) is 13.5. The van der Waals surface area contributed by atoms with Crippen LogP contribution < -0.4 is 4.74 Å². The highest BCUT2D eigenvalue weighted by atomic mass is 79.9. The summed E-state index contributed by atoms with van der Waals surface area (Å²) in [6.07, 6.45) is 0.577. The van der Waals surface area contributed by atoms with Gasteiger partial charge in [-0.25, -0.2) is 0 Å². The molecule has 0 aliphatic carbocycles. The maximum absolute atomic E-state index is 12.9. The lowest BCUT2D eigenvalue weighted by molar-refractivity contribution is -0.140. The molecule has 7 heteroatoms. The number of aliphatic hydroxyl groups excluding tert-OH is 1. The number of Topliss-reactive ketones (excluding diaryl/α,β-unsaturated/α-hetero) is 1. The Bertz CT molecular complexity index is 956. The number of benzene rings is 2. The quantitative estimate of drug-likeness (QED) is 0.294. The summed E-state index contributed by atoms with van der Waals surface area (Å²) >= 11 is 3.44. The summed E-state index contributed by atoms with van der Waals surface area (Å²) < 4.78 is 11.1. The van der Waals surface area contributed by atoms with Crippen LogP contribution in [0.5, 0.6) is 5.75 Å². The molecule has 0 bridgehead atoms. The molecule has 0 spiro atoms. The molecule has 1 unspecified atom stereocenters. The van der Waals surface area contributed by atoms with Crippen LogP contribution in [0, 0.1) is 0 Å². The first kappa shape index (κ1) is 21.1. The molecule has 0 saturated carbocycles. The molecule has 6 nitrogen and oxygen atoms in total. The molecule has 3 rings (SSSR count). The van der Waals surface area contributed by atoms with Gasteiger partial charge in [-0.3, -0.25) is 9.59 Å². The third-order valence-electron chi connectivity index (χ3n) is 4.80. The van der Waals surface area contributed by atoms with Gasteiger partial charge in [-0.15, -0.1) is 0 Å². The number of likely N-dealkylation sites (tertiary alicyclic amines) is 1. The van der Waals surface area contributed by atoms with Crippen molar-refractivity contribution in [3.8, 4) is 5.75 Å². The van der Waals surface area contributed by atoms with E-state index in [4.69, 9.17) is 9.47 Å². The van der Waals surface area contributed by atoms with Gasteiger partial charge in [0.05, 0.1) is 18.7 Å². The van der Waals surface area contributed by atoms with E-state index in [0.717, 1.165) is 10.0 Å². The van der Waals surface area contributed by atoms with Crippen LogP contribution >= 0.6 is 15.9 Å². The molecule has 2 aromatic rings. The molecule has 1 amide bonds. The molecule has 0 aromatic heterocycles. The van der Waals surface area contributed by atoms with Gasteiger partial charge in [0.25, 0.3) is 11.7 Å². The van der Waals surface area contributed by atoms with E-state index < -0.39 is 17.7 Å². The highest BCUT2D eigenvalue weighted by Crippen LogP contribution is 2.40. The topological polar surface area (TPSA) is 76.1 Å². The number of hydrogen-bond donors (Lipinski definition) is 1. The fourth-order valence-electron chi connectivity index (χ4n) is 3.44. The molecule has 0 radical (unpaired) electrons. The summed E-state index contributed by atoms with van der Waals surface area (Å²) in [5, 5.41) is 11.0. The number of ether oxygens (including phenoxy) is 2. The lowest BCUT2D eigenvalue weighted by Gasteiger charge is -2.25. The third-order valence-corrected chi connectivity index (χ3v) is 5.29. The minimum absolute atomic E-state index is 0.0683. The van der Waals surface area contributed by atoms with Crippen molar-refractivity contribution in [3.05, 3.63) is 69.7 Å². The van der Waals surface area contributed by atoms with E-state index in [1.807, 2.05) is 24.3 Å². The van der Waals surface area contributed by atoms with Crippen molar-refractivity contribution in [2.45, 2.75) is 12.5 Å². The monoisotopic (exact) mass is 459 g/mol. The Kier molecular flexibility index (Phi) is 6.71. The average Bonchev–Trinajstić information content (AvgIpc) is 2.98. The maximum Gasteiger partial charge on any atom is 0.295 e. The van der Waals surface area contributed by atoms with Crippen LogP contribution in [0.4, 0.5) is 0 Å². The van der Waals surface area contributed by atoms with Crippen LogP contribution in [-0.2, 0) is 14.3 Å². The van der Waals surface area contributed by atoms with E-state index in [1.54, 1.807) is 31.4 Å². The van der Waals surface area contributed by atoms with E-state index in [1.165, 1.54) is 12.0 Å². The number of ketones is 1. The predicted molar refractivity (Wildman–Crippen MR) is 113 cm³/mol. The Morgan fingerprint density at radius 3 is 2.59 bits per heavy atom. The second-order valence-electron chi connectivity index (χ2n) is 6.63. The normalized spacial score (nSPS) is 18.3. The Labute approximate surface area is 177 Å². The molecule has 1 heterocycles. The number of nitrogens with zero attached hydrogens (tertiary/aromatic N) is 1. The van der Waals surface area contributed by atoms with Crippen LogP contribution in [-0.4, -0.2) is 49.1 Å². The van der Waals surface area contributed by atoms with Gasteiger partial charge in [0.15, 0.2) is 0 Å². The van der Waals surface area contributed by atoms with Gasteiger partial charge in [0, 0.05) is 30.3 Å². The van der Waals surface area contributed by atoms with Crippen molar-refractivity contribution < 1.29 is 24.2 Å². The maximum atomic E-state index is 12.9. The Morgan fingerprint density at radius 2 is 1.90 bits per heavy atom. The van der Waals surface area contributed by atoms with Crippen LogP contribution in [0.15, 0.2) is 58.6 Å². The van der Waals surface area contributed by atoms with Gasteiger partial charge in [-0.1, -0.05) is 40.2 Å².